The molecule has 4 rings (SSSR count). The van der Waals surface area contributed by atoms with Gasteiger partial charge in [0.15, 0.2) is 0 Å². The quantitative estimate of drug-likeness (QED) is 0.922. The maximum atomic E-state index is 12.5. The van der Waals surface area contributed by atoms with Crippen LogP contribution in [0.15, 0.2) is 18.2 Å². The molecular formula is C18H24N2O. The molecule has 3 aliphatic rings. The monoisotopic (exact) mass is 284 g/mol. The first-order valence-corrected chi connectivity index (χ1v) is 8.43. The summed E-state index contributed by atoms with van der Waals surface area (Å²) in [5, 5.41) is 3.18. The number of rotatable bonds is 3. The first-order chi connectivity index (χ1) is 10.2. The van der Waals surface area contributed by atoms with E-state index < -0.39 is 0 Å². The molecule has 0 saturated heterocycles. The lowest BCUT2D eigenvalue weighted by atomic mass is 9.88. The van der Waals surface area contributed by atoms with Gasteiger partial charge in [0.1, 0.15) is 0 Å². The lowest BCUT2D eigenvalue weighted by Crippen LogP contribution is -2.27. The van der Waals surface area contributed by atoms with Gasteiger partial charge in [0, 0.05) is 30.4 Å². The van der Waals surface area contributed by atoms with E-state index in [0.29, 0.717) is 5.92 Å². The van der Waals surface area contributed by atoms with Crippen LogP contribution >= 0.6 is 0 Å². The lowest BCUT2D eigenvalue weighted by Gasteiger charge is -2.21. The second kappa shape index (κ2) is 5.04. The average Bonchev–Trinajstić information content (AvgIpc) is 3.21. The van der Waals surface area contributed by atoms with Crippen molar-refractivity contribution in [2.45, 2.75) is 39.0 Å². The molecule has 112 valence electrons. The number of amides is 1. The van der Waals surface area contributed by atoms with E-state index >= 15 is 0 Å². The lowest BCUT2D eigenvalue weighted by molar-refractivity contribution is -0.121. The van der Waals surface area contributed by atoms with Crippen LogP contribution in [0, 0.1) is 17.8 Å². The van der Waals surface area contributed by atoms with Crippen molar-refractivity contribution in [3.05, 3.63) is 23.8 Å². The van der Waals surface area contributed by atoms with Gasteiger partial charge in [-0.15, -0.1) is 0 Å². The van der Waals surface area contributed by atoms with Crippen LogP contribution in [0.1, 0.15) is 38.2 Å². The summed E-state index contributed by atoms with van der Waals surface area (Å²) in [5.74, 6) is 1.99. The molecule has 0 spiro atoms. The van der Waals surface area contributed by atoms with Gasteiger partial charge in [-0.1, -0.05) is 12.5 Å². The summed E-state index contributed by atoms with van der Waals surface area (Å²) >= 11 is 0. The molecule has 2 saturated carbocycles. The predicted octanol–water partition coefficient (Wildman–Crippen LogP) is 3.44. The summed E-state index contributed by atoms with van der Waals surface area (Å²) < 4.78 is 0. The smallest absolute Gasteiger partial charge is 0.227 e. The molecule has 3 atom stereocenters. The van der Waals surface area contributed by atoms with Crippen LogP contribution < -0.4 is 10.2 Å². The zero-order valence-corrected chi connectivity index (χ0v) is 12.8. The highest BCUT2D eigenvalue weighted by Gasteiger charge is 2.43. The van der Waals surface area contributed by atoms with Gasteiger partial charge < -0.3 is 10.2 Å². The Kier molecular flexibility index (Phi) is 3.16. The Balaban J connectivity index is 1.49. The van der Waals surface area contributed by atoms with Gasteiger partial charge in [-0.3, -0.25) is 4.79 Å². The fourth-order valence-corrected chi connectivity index (χ4v) is 4.65. The molecule has 0 radical (unpaired) electrons. The standard InChI is InChI=1S/C18H24N2O/c1-2-20-8-7-13-5-6-15(11-17(13)20)19-18(21)16-10-12-3-4-14(16)9-12/h5-6,11-12,14,16H,2-4,7-10H2,1H3,(H,19,21). The van der Waals surface area contributed by atoms with Crippen molar-refractivity contribution in [2.24, 2.45) is 17.8 Å². The SMILES string of the molecule is CCN1CCc2ccc(NC(=O)C3CC4CCC3C4)cc21. The van der Waals surface area contributed by atoms with E-state index in [-0.39, 0.29) is 11.8 Å². The van der Waals surface area contributed by atoms with Crippen LogP contribution in [0.2, 0.25) is 0 Å². The Morgan fingerprint density at radius 1 is 1.33 bits per heavy atom. The number of likely N-dealkylation sites (N-methyl/N-ethyl adjacent to an activating group) is 1. The third-order valence-electron chi connectivity index (χ3n) is 5.80. The highest BCUT2D eigenvalue weighted by molar-refractivity contribution is 5.93. The van der Waals surface area contributed by atoms with Gasteiger partial charge in [0.25, 0.3) is 0 Å². The summed E-state index contributed by atoms with van der Waals surface area (Å²) in [4.78, 5) is 14.9. The van der Waals surface area contributed by atoms with Crippen LogP contribution in [0.25, 0.3) is 0 Å². The minimum Gasteiger partial charge on any atom is -0.371 e. The first kappa shape index (κ1) is 13.2. The third-order valence-corrected chi connectivity index (χ3v) is 5.80. The van der Waals surface area contributed by atoms with Gasteiger partial charge in [0.2, 0.25) is 5.91 Å². The average molecular weight is 284 g/mol. The molecule has 0 aromatic heterocycles. The fourth-order valence-electron chi connectivity index (χ4n) is 4.65. The number of nitrogens with zero attached hydrogens (tertiary/aromatic N) is 1. The Labute approximate surface area is 126 Å². The second-order valence-electron chi connectivity index (χ2n) is 6.94. The van der Waals surface area contributed by atoms with Gasteiger partial charge in [-0.25, -0.2) is 0 Å². The first-order valence-electron chi connectivity index (χ1n) is 8.43. The Bertz CT molecular complexity index is 568. The van der Waals surface area contributed by atoms with Gasteiger partial charge in [-0.2, -0.15) is 0 Å². The van der Waals surface area contributed by atoms with Crippen LogP contribution in [-0.4, -0.2) is 19.0 Å². The molecule has 3 unspecified atom stereocenters. The Morgan fingerprint density at radius 3 is 2.95 bits per heavy atom. The molecule has 2 bridgehead atoms. The van der Waals surface area contributed by atoms with Crippen molar-refractivity contribution in [1.29, 1.82) is 0 Å². The molecule has 2 aliphatic carbocycles. The molecule has 3 nitrogen and oxygen atoms in total. The maximum absolute atomic E-state index is 12.5. The zero-order chi connectivity index (χ0) is 14.4. The van der Waals surface area contributed by atoms with E-state index in [0.717, 1.165) is 37.5 Å². The summed E-state index contributed by atoms with van der Waals surface area (Å²) in [6.45, 7) is 4.34. The van der Waals surface area contributed by atoms with E-state index in [2.05, 4.69) is 35.3 Å². The van der Waals surface area contributed by atoms with Crippen LogP contribution in [-0.2, 0) is 11.2 Å². The van der Waals surface area contributed by atoms with Crippen molar-refractivity contribution >= 4 is 17.3 Å². The summed E-state index contributed by atoms with van der Waals surface area (Å²) in [5.41, 5.74) is 3.69. The highest BCUT2D eigenvalue weighted by atomic mass is 16.1. The topological polar surface area (TPSA) is 32.3 Å². The van der Waals surface area contributed by atoms with Gasteiger partial charge in [-0.05, 0) is 62.1 Å². The van der Waals surface area contributed by atoms with Crippen molar-refractivity contribution in [3.8, 4) is 0 Å². The number of nitrogens with one attached hydrogen (secondary N) is 1. The van der Waals surface area contributed by atoms with E-state index in [4.69, 9.17) is 0 Å². The van der Waals surface area contributed by atoms with E-state index in [1.807, 2.05) is 0 Å². The Hall–Kier alpha value is -1.51. The van der Waals surface area contributed by atoms with Crippen LogP contribution in [0.4, 0.5) is 11.4 Å². The fraction of sp³-hybridized carbons (Fsp3) is 0.611. The summed E-state index contributed by atoms with van der Waals surface area (Å²) in [6, 6.07) is 6.42. The normalized spacial score (nSPS) is 29.8. The van der Waals surface area contributed by atoms with Gasteiger partial charge in [0.05, 0.1) is 0 Å². The number of benzene rings is 1. The number of hydrogen-bond acceptors (Lipinski definition) is 2. The molecule has 1 aromatic carbocycles. The summed E-state index contributed by atoms with van der Waals surface area (Å²) in [6.07, 6.45) is 6.13. The van der Waals surface area contributed by atoms with Crippen LogP contribution in [0.3, 0.4) is 0 Å². The predicted molar refractivity (Wildman–Crippen MR) is 85.6 cm³/mol. The summed E-state index contributed by atoms with van der Waals surface area (Å²) in [7, 11) is 0. The molecule has 1 heterocycles. The maximum Gasteiger partial charge on any atom is 0.227 e. The highest BCUT2D eigenvalue weighted by Crippen LogP contribution is 2.48. The largest absolute Gasteiger partial charge is 0.371 e. The van der Waals surface area contributed by atoms with E-state index in [1.54, 1.807) is 0 Å². The van der Waals surface area contributed by atoms with Crippen LogP contribution in [0.5, 0.6) is 0 Å². The zero-order valence-electron chi connectivity index (χ0n) is 12.8. The molecule has 1 N–H and O–H groups in total. The minimum absolute atomic E-state index is 0.253. The molecule has 1 aliphatic heterocycles. The number of carbonyl (C=O) groups excluding carboxylic acids is 1. The number of carbonyl (C=O) groups is 1. The molecule has 2 fully saturated rings. The molecule has 1 amide bonds. The third kappa shape index (κ3) is 2.23. The van der Waals surface area contributed by atoms with Crippen molar-refractivity contribution in [1.82, 2.24) is 0 Å². The van der Waals surface area contributed by atoms with Crippen molar-refractivity contribution < 1.29 is 4.79 Å². The molecule has 1 aromatic rings. The molecule has 3 heteroatoms. The van der Waals surface area contributed by atoms with E-state index in [1.165, 1.54) is 30.5 Å². The van der Waals surface area contributed by atoms with Gasteiger partial charge >= 0.3 is 0 Å². The minimum atomic E-state index is 0.253. The van der Waals surface area contributed by atoms with E-state index in [9.17, 15) is 4.79 Å². The number of fused-ring (bicyclic) bond motifs is 3. The Morgan fingerprint density at radius 2 is 2.24 bits per heavy atom. The molecular weight excluding hydrogens is 260 g/mol. The van der Waals surface area contributed by atoms with Crippen molar-refractivity contribution in [3.63, 3.8) is 0 Å². The number of hydrogen-bond donors (Lipinski definition) is 1. The second-order valence-corrected chi connectivity index (χ2v) is 6.94. The van der Waals surface area contributed by atoms with Crippen molar-refractivity contribution in [2.75, 3.05) is 23.3 Å². The number of anilines is 2. The molecule has 21 heavy (non-hydrogen) atoms.